The molecule has 0 aromatic heterocycles. The van der Waals surface area contributed by atoms with Crippen LogP contribution in [0.2, 0.25) is 0 Å². The molecular weight excluding hydrogens is 236 g/mol. The van der Waals surface area contributed by atoms with Gasteiger partial charge in [-0.2, -0.15) is 0 Å². The highest BCUT2D eigenvalue weighted by molar-refractivity contribution is 5.90. The summed E-state index contributed by atoms with van der Waals surface area (Å²) >= 11 is 0. The number of carboxylic acid groups (broad SMARTS) is 1. The number of aliphatic hydroxyl groups excluding tert-OH is 1. The van der Waals surface area contributed by atoms with Crippen LogP contribution in [0, 0.1) is 0 Å². The summed E-state index contributed by atoms with van der Waals surface area (Å²) in [7, 11) is 0. The van der Waals surface area contributed by atoms with Crippen molar-refractivity contribution >= 4 is 11.9 Å². The zero-order chi connectivity index (χ0) is 13.3. The molecule has 3 N–H and O–H groups in total. The van der Waals surface area contributed by atoms with Crippen LogP contribution in [-0.2, 0) is 9.59 Å². The fraction of sp³-hybridized carbons (Fsp3) is 0.833. The number of β-amino-alcohol motifs (C(OH)–C–C–N with tert-alkyl or cyclic N) is 1. The van der Waals surface area contributed by atoms with Gasteiger partial charge < -0.3 is 20.4 Å². The van der Waals surface area contributed by atoms with Gasteiger partial charge >= 0.3 is 5.97 Å². The maximum atomic E-state index is 12.4. The van der Waals surface area contributed by atoms with E-state index in [1.165, 1.54) is 4.90 Å². The molecule has 2 saturated heterocycles. The van der Waals surface area contributed by atoms with E-state index in [-0.39, 0.29) is 5.91 Å². The lowest BCUT2D eigenvalue weighted by Crippen LogP contribution is -2.56. The van der Waals surface area contributed by atoms with Crippen molar-refractivity contribution in [2.24, 2.45) is 0 Å². The lowest BCUT2D eigenvalue weighted by Gasteiger charge is -2.35. The first kappa shape index (κ1) is 13.3. The summed E-state index contributed by atoms with van der Waals surface area (Å²) in [5.74, 6) is -1.11. The Morgan fingerprint density at radius 3 is 2.72 bits per heavy atom. The molecule has 0 aromatic rings. The van der Waals surface area contributed by atoms with Crippen molar-refractivity contribution in [2.75, 3.05) is 13.1 Å². The molecule has 0 aliphatic carbocycles. The average molecular weight is 256 g/mol. The molecular formula is C12H20N2O4. The van der Waals surface area contributed by atoms with Gasteiger partial charge in [0.15, 0.2) is 0 Å². The maximum absolute atomic E-state index is 12.4. The fourth-order valence-corrected chi connectivity index (χ4v) is 3.03. The topological polar surface area (TPSA) is 89.9 Å². The second kappa shape index (κ2) is 4.85. The molecule has 1 amide bonds. The molecule has 102 valence electrons. The summed E-state index contributed by atoms with van der Waals surface area (Å²) in [5.41, 5.74) is -1.05. The molecule has 3 unspecified atom stereocenters. The lowest BCUT2D eigenvalue weighted by molar-refractivity contribution is -0.157. The highest BCUT2D eigenvalue weighted by Crippen LogP contribution is 2.33. The minimum absolute atomic E-state index is 0.187. The van der Waals surface area contributed by atoms with Gasteiger partial charge in [0.25, 0.3) is 0 Å². The summed E-state index contributed by atoms with van der Waals surface area (Å²) in [6.45, 7) is 2.69. The van der Waals surface area contributed by atoms with Crippen molar-refractivity contribution in [2.45, 2.75) is 50.3 Å². The quantitative estimate of drug-likeness (QED) is 0.637. The second-order valence-electron chi connectivity index (χ2n) is 5.13. The standard InChI is InChI=1S/C12H20N2O4/c1-2-12(11(17)18)4-3-5-14(12)10(16)9-6-8(15)7-13-9/h8-9,13,15H,2-7H2,1H3,(H,17,18). The number of aliphatic hydroxyl groups is 1. The van der Waals surface area contributed by atoms with Gasteiger partial charge in [-0.25, -0.2) is 4.79 Å². The zero-order valence-corrected chi connectivity index (χ0v) is 10.6. The first-order chi connectivity index (χ1) is 8.51. The minimum atomic E-state index is -1.05. The SMILES string of the molecule is CCC1(C(=O)O)CCCN1C(=O)C1CC(O)CN1. The maximum Gasteiger partial charge on any atom is 0.329 e. The predicted molar refractivity (Wildman–Crippen MR) is 64.0 cm³/mol. The average Bonchev–Trinajstić information content (AvgIpc) is 2.94. The smallest absolute Gasteiger partial charge is 0.329 e. The Bertz CT molecular complexity index is 360. The van der Waals surface area contributed by atoms with Gasteiger partial charge in [0.2, 0.25) is 5.91 Å². The van der Waals surface area contributed by atoms with Crippen LogP contribution in [0.15, 0.2) is 0 Å². The Kier molecular flexibility index (Phi) is 3.59. The van der Waals surface area contributed by atoms with Gasteiger partial charge in [-0.15, -0.1) is 0 Å². The van der Waals surface area contributed by atoms with Crippen molar-refractivity contribution in [3.8, 4) is 0 Å². The van der Waals surface area contributed by atoms with Gasteiger partial charge in [-0.1, -0.05) is 6.92 Å². The van der Waals surface area contributed by atoms with Crippen LogP contribution in [-0.4, -0.2) is 57.8 Å². The number of nitrogens with zero attached hydrogens (tertiary/aromatic N) is 1. The molecule has 2 heterocycles. The predicted octanol–water partition coefficient (Wildman–Crippen LogP) is -0.435. The number of amides is 1. The number of carbonyl (C=O) groups is 2. The summed E-state index contributed by atoms with van der Waals surface area (Å²) in [6, 6.07) is -0.441. The van der Waals surface area contributed by atoms with E-state index in [1.54, 1.807) is 6.92 Å². The molecule has 2 aliphatic heterocycles. The van der Waals surface area contributed by atoms with Gasteiger partial charge in [-0.05, 0) is 25.7 Å². The van der Waals surface area contributed by atoms with Crippen LogP contribution in [0.5, 0.6) is 0 Å². The van der Waals surface area contributed by atoms with E-state index >= 15 is 0 Å². The van der Waals surface area contributed by atoms with Crippen molar-refractivity contribution in [3.63, 3.8) is 0 Å². The van der Waals surface area contributed by atoms with E-state index in [4.69, 9.17) is 0 Å². The Morgan fingerprint density at radius 2 is 2.22 bits per heavy atom. The number of nitrogens with one attached hydrogen (secondary N) is 1. The molecule has 0 bridgehead atoms. The minimum Gasteiger partial charge on any atom is -0.479 e. The normalized spacial score (nSPS) is 36.0. The number of likely N-dealkylation sites (tertiary alicyclic amines) is 1. The zero-order valence-electron chi connectivity index (χ0n) is 10.6. The number of carbonyl (C=O) groups excluding carboxylic acids is 1. The highest BCUT2D eigenvalue weighted by Gasteiger charge is 2.50. The molecule has 2 fully saturated rings. The van der Waals surface area contributed by atoms with Crippen molar-refractivity contribution in [1.82, 2.24) is 10.2 Å². The van der Waals surface area contributed by atoms with E-state index in [2.05, 4.69) is 5.32 Å². The van der Waals surface area contributed by atoms with Gasteiger partial charge in [0, 0.05) is 13.1 Å². The van der Waals surface area contributed by atoms with Crippen LogP contribution in [0.3, 0.4) is 0 Å². The largest absolute Gasteiger partial charge is 0.479 e. The first-order valence-electron chi connectivity index (χ1n) is 6.47. The van der Waals surface area contributed by atoms with Crippen LogP contribution in [0.4, 0.5) is 0 Å². The Balaban J connectivity index is 2.16. The van der Waals surface area contributed by atoms with Crippen molar-refractivity contribution < 1.29 is 19.8 Å². The number of carboxylic acids is 1. The third kappa shape index (κ3) is 1.99. The molecule has 0 spiro atoms. The first-order valence-corrected chi connectivity index (χ1v) is 6.47. The van der Waals surface area contributed by atoms with E-state index < -0.39 is 23.7 Å². The van der Waals surface area contributed by atoms with E-state index in [9.17, 15) is 19.8 Å². The molecule has 2 rings (SSSR count). The monoisotopic (exact) mass is 256 g/mol. The molecule has 3 atom stereocenters. The highest BCUT2D eigenvalue weighted by atomic mass is 16.4. The second-order valence-corrected chi connectivity index (χ2v) is 5.13. The molecule has 6 nitrogen and oxygen atoms in total. The van der Waals surface area contributed by atoms with E-state index in [0.29, 0.717) is 32.4 Å². The van der Waals surface area contributed by atoms with Crippen LogP contribution < -0.4 is 5.32 Å². The third-order valence-corrected chi connectivity index (χ3v) is 4.14. The van der Waals surface area contributed by atoms with E-state index in [0.717, 1.165) is 6.42 Å². The van der Waals surface area contributed by atoms with Crippen molar-refractivity contribution in [3.05, 3.63) is 0 Å². The summed E-state index contributed by atoms with van der Waals surface area (Å²) < 4.78 is 0. The van der Waals surface area contributed by atoms with Crippen LogP contribution >= 0.6 is 0 Å². The summed E-state index contributed by atoms with van der Waals surface area (Å²) in [6.07, 6.45) is 1.52. The lowest BCUT2D eigenvalue weighted by atomic mass is 9.92. The fourth-order valence-electron chi connectivity index (χ4n) is 3.03. The van der Waals surface area contributed by atoms with Crippen LogP contribution in [0.1, 0.15) is 32.6 Å². The summed E-state index contributed by atoms with van der Waals surface area (Å²) in [5, 5.41) is 21.8. The molecule has 0 radical (unpaired) electrons. The molecule has 2 aliphatic rings. The van der Waals surface area contributed by atoms with Crippen molar-refractivity contribution in [1.29, 1.82) is 0 Å². The molecule has 18 heavy (non-hydrogen) atoms. The number of rotatable bonds is 3. The molecule has 0 saturated carbocycles. The Labute approximate surface area is 106 Å². The van der Waals surface area contributed by atoms with Crippen LogP contribution in [0.25, 0.3) is 0 Å². The summed E-state index contributed by atoms with van der Waals surface area (Å²) in [4.78, 5) is 25.3. The third-order valence-electron chi connectivity index (χ3n) is 4.14. The van der Waals surface area contributed by atoms with Gasteiger partial charge in [0.1, 0.15) is 5.54 Å². The number of hydrogen-bond donors (Lipinski definition) is 3. The van der Waals surface area contributed by atoms with Gasteiger partial charge in [-0.3, -0.25) is 4.79 Å². The number of hydrogen-bond acceptors (Lipinski definition) is 4. The Morgan fingerprint density at radius 1 is 1.50 bits per heavy atom. The number of aliphatic carboxylic acids is 1. The van der Waals surface area contributed by atoms with Gasteiger partial charge in [0.05, 0.1) is 12.1 Å². The van der Waals surface area contributed by atoms with E-state index in [1.807, 2.05) is 0 Å². The molecule has 6 heteroatoms. The molecule has 0 aromatic carbocycles. The Hall–Kier alpha value is -1.14.